The second-order valence-corrected chi connectivity index (χ2v) is 5.29. The second-order valence-electron chi connectivity index (χ2n) is 3.11. The molecule has 1 rings (SSSR count). The van der Waals surface area contributed by atoms with Gasteiger partial charge in [0.1, 0.15) is 9.84 Å². The summed E-state index contributed by atoms with van der Waals surface area (Å²) >= 11 is 0. The van der Waals surface area contributed by atoms with E-state index in [-0.39, 0.29) is 5.75 Å². The SMILES string of the molecule is CS(=O)(=O)C[C@@H](N)c1ccccc1. The standard InChI is InChI=1S/C9H13NO2S/c1-13(11,12)7-9(10)8-5-3-2-4-6-8/h2-6,9H,7,10H2,1H3/t9-/m1/s1. The Hall–Kier alpha value is -0.870. The maximum atomic E-state index is 10.9. The summed E-state index contributed by atoms with van der Waals surface area (Å²) < 4.78 is 21.9. The van der Waals surface area contributed by atoms with E-state index in [9.17, 15) is 8.42 Å². The lowest BCUT2D eigenvalue weighted by molar-refractivity contribution is 0.595. The van der Waals surface area contributed by atoms with Gasteiger partial charge in [-0.3, -0.25) is 0 Å². The normalized spacial score (nSPS) is 14.0. The van der Waals surface area contributed by atoms with E-state index in [2.05, 4.69) is 0 Å². The fourth-order valence-electron chi connectivity index (χ4n) is 1.12. The molecule has 4 heteroatoms. The first-order chi connectivity index (χ1) is 5.99. The third kappa shape index (κ3) is 3.57. The monoisotopic (exact) mass is 199 g/mol. The van der Waals surface area contributed by atoms with Crippen molar-refractivity contribution >= 4 is 9.84 Å². The summed E-state index contributed by atoms with van der Waals surface area (Å²) in [6.07, 6.45) is 1.19. The van der Waals surface area contributed by atoms with Crippen molar-refractivity contribution in [2.24, 2.45) is 5.73 Å². The molecule has 0 radical (unpaired) electrons. The molecule has 0 unspecified atom stereocenters. The van der Waals surface area contributed by atoms with Crippen LogP contribution in [0.15, 0.2) is 30.3 Å². The molecule has 0 aliphatic carbocycles. The molecule has 1 aromatic rings. The van der Waals surface area contributed by atoms with Gasteiger partial charge in [-0.05, 0) is 5.56 Å². The van der Waals surface area contributed by atoms with Crippen LogP contribution >= 0.6 is 0 Å². The van der Waals surface area contributed by atoms with Crippen molar-refractivity contribution in [1.29, 1.82) is 0 Å². The first-order valence-electron chi connectivity index (χ1n) is 3.97. The van der Waals surface area contributed by atoms with Gasteiger partial charge in [-0.25, -0.2) is 8.42 Å². The smallest absolute Gasteiger partial charge is 0.149 e. The first kappa shape index (κ1) is 10.2. The van der Waals surface area contributed by atoms with Crippen LogP contribution in [0.25, 0.3) is 0 Å². The molecule has 13 heavy (non-hydrogen) atoms. The van der Waals surface area contributed by atoms with E-state index >= 15 is 0 Å². The Labute approximate surface area is 78.5 Å². The van der Waals surface area contributed by atoms with Gasteiger partial charge in [0.25, 0.3) is 0 Å². The molecule has 0 aliphatic heterocycles. The van der Waals surface area contributed by atoms with E-state index in [1.807, 2.05) is 30.3 Å². The Morgan fingerprint density at radius 3 is 2.31 bits per heavy atom. The number of benzene rings is 1. The quantitative estimate of drug-likeness (QED) is 0.780. The van der Waals surface area contributed by atoms with Crippen molar-refractivity contribution < 1.29 is 8.42 Å². The minimum atomic E-state index is -3.00. The van der Waals surface area contributed by atoms with Crippen molar-refractivity contribution in [2.75, 3.05) is 12.0 Å². The lowest BCUT2D eigenvalue weighted by Gasteiger charge is -2.09. The van der Waals surface area contributed by atoms with E-state index in [0.717, 1.165) is 5.56 Å². The number of sulfone groups is 1. The predicted octanol–water partition coefficient (Wildman–Crippen LogP) is 0.731. The zero-order chi connectivity index (χ0) is 9.90. The third-order valence-electron chi connectivity index (χ3n) is 1.71. The Kier molecular flexibility index (Phi) is 3.06. The molecule has 0 saturated heterocycles. The highest BCUT2D eigenvalue weighted by Crippen LogP contribution is 2.10. The number of rotatable bonds is 3. The Morgan fingerprint density at radius 2 is 1.85 bits per heavy atom. The molecule has 0 bridgehead atoms. The molecule has 0 saturated carbocycles. The van der Waals surface area contributed by atoms with Crippen molar-refractivity contribution in [3.05, 3.63) is 35.9 Å². The van der Waals surface area contributed by atoms with Gasteiger partial charge in [-0.1, -0.05) is 30.3 Å². The van der Waals surface area contributed by atoms with Crippen molar-refractivity contribution in [3.8, 4) is 0 Å². The van der Waals surface area contributed by atoms with E-state index in [0.29, 0.717) is 0 Å². The third-order valence-corrected chi connectivity index (χ3v) is 2.67. The van der Waals surface area contributed by atoms with Crippen LogP contribution in [0.2, 0.25) is 0 Å². The highest BCUT2D eigenvalue weighted by molar-refractivity contribution is 7.90. The Morgan fingerprint density at radius 1 is 1.31 bits per heavy atom. The van der Waals surface area contributed by atoms with Crippen molar-refractivity contribution in [3.63, 3.8) is 0 Å². The van der Waals surface area contributed by atoms with Gasteiger partial charge in [-0.2, -0.15) is 0 Å². The van der Waals surface area contributed by atoms with Crippen LogP contribution in [0.1, 0.15) is 11.6 Å². The van der Waals surface area contributed by atoms with Crippen LogP contribution in [0.4, 0.5) is 0 Å². The molecule has 0 fully saturated rings. The average Bonchev–Trinajstić information content (AvgIpc) is 2.03. The highest BCUT2D eigenvalue weighted by Gasteiger charge is 2.11. The number of hydrogen-bond donors (Lipinski definition) is 1. The number of hydrogen-bond acceptors (Lipinski definition) is 3. The molecular weight excluding hydrogens is 186 g/mol. The fraction of sp³-hybridized carbons (Fsp3) is 0.333. The topological polar surface area (TPSA) is 60.2 Å². The van der Waals surface area contributed by atoms with Gasteiger partial charge < -0.3 is 5.73 Å². The van der Waals surface area contributed by atoms with Gasteiger partial charge in [0.05, 0.1) is 5.75 Å². The van der Waals surface area contributed by atoms with Gasteiger partial charge in [0.15, 0.2) is 0 Å². The fourth-order valence-corrected chi connectivity index (χ4v) is 1.97. The maximum absolute atomic E-state index is 10.9. The summed E-state index contributed by atoms with van der Waals surface area (Å²) in [6, 6.07) is 8.80. The van der Waals surface area contributed by atoms with Crippen molar-refractivity contribution in [1.82, 2.24) is 0 Å². The van der Waals surface area contributed by atoms with E-state index in [1.165, 1.54) is 6.26 Å². The summed E-state index contributed by atoms with van der Waals surface area (Å²) in [6.45, 7) is 0. The Bertz CT molecular complexity index is 358. The molecule has 0 amide bonds. The first-order valence-corrected chi connectivity index (χ1v) is 6.03. The minimum absolute atomic E-state index is 0.00296. The largest absolute Gasteiger partial charge is 0.323 e. The summed E-state index contributed by atoms with van der Waals surface area (Å²) in [7, 11) is -3.00. The lowest BCUT2D eigenvalue weighted by Crippen LogP contribution is -2.20. The highest BCUT2D eigenvalue weighted by atomic mass is 32.2. The molecule has 0 aliphatic rings. The van der Waals surface area contributed by atoms with Gasteiger partial charge in [0.2, 0.25) is 0 Å². The van der Waals surface area contributed by atoms with Crippen LogP contribution in [-0.4, -0.2) is 20.4 Å². The van der Waals surface area contributed by atoms with Crippen LogP contribution in [-0.2, 0) is 9.84 Å². The molecule has 0 spiro atoms. The average molecular weight is 199 g/mol. The molecule has 0 heterocycles. The predicted molar refractivity (Wildman–Crippen MR) is 53.1 cm³/mol. The Balaban J connectivity index is 2.76. The van der Waals surface area contributed by atoms with E-state index in [4.69, 9.17) is 5.73 Å². The van der Waals surface area contributed by atoms with Gasteiger partial charge >= 0.3 is 0 Å². The zero-order valence-corrected chi connectivity index (χ0v) is 8.29. The minimum Gasteiger partial charge on any atom is -0.323 e. The summed E-state index contributed by atoms with van der Waals surface area (Å²) in [5, 5.41) is 0. The van der Waals surface area contributed by atoms with Crippen LogP contribution in [0.5, 0.6) is 0 Å². The second kappa shape index (κ2) is 3.89. The summed E-state index contributed by atoms with van der Waals surface area (Å²) in [5.41, 5.74) is 6.56. The van der Waals surface area contributed by atoms with Crippen molar-refractivity contribution in [2.45, 2.75) is 6.04 Å². The summed E-state index contributed by atoms with van der Waals surface area (Å²) in [4.78, 5) is 0. The molecule has 1 atom stereocenters. The zero-order valence-electron chi connectivity index (χ0n) is 7.47. The molecule has 1 aromatic carbocycles. The van der Waals surface area contributed by atoms with Gasteiger partial charge in [-0.15, -0.1) is 0 Å². The maximum Gasteiger partial charge on any atom is 0.149 e. The summed E-state index contributed by atoms with van der Waals surface area (Å²) in [5.74, 6) is -0.00296. The van der Waals surface area contributed by atoms with E-state index < -0.39 is 15.9 Å². The van der Waals surface area contributed by atoms with E-state index in [1.54, 1.807) is 0 Å². The van der Waals surface area contributed by atoms with Crippen LogP contribution in [0.3, 0.4) is 0 Å². The molecule has 2 N–H and O–H groups in total. The molecule has 3 nitrogen and oxygen atoms in total. The molecule has 72 valence electrons. The van der Waals surface area contributed by atoms with Crippen LogP contribution in [0, 0.1) is 0 Å². The van der Waals surface area contributed by atoms with Crippen LogP contribution < -0.4 is 5.73 Å². The number of nitrogens with two attached hydrogens (primary N) is 1. The molecular formula is C9H13NO2S. The molecule has 0 aromatic heterocycles. The van der Waals surface area contributed by atoms with Gasteiger partial charge in [0, 0.05) is 12.3 Å². The lowest BCUT2D eigenvalue weighted by atomic mass is 10.1.